The van der Waals surface area contributed by atoms with E-state index in [9.17, 15) is 0 Å². The molecular formula is C14H11BrClN3. The van der Waals surface area contributed by atoms with Crippen molar-refractivity contribution in [1.29, 1.82) is 0 Å². The summed E-state index contributed by atoms with van der Waals surface area (Å²) >= 11 is 9.43. The lowest BCUT2D eigenvalue weighted by atomic mass is 10.2. The van der Waals surface area contributed by atoms with Gasteiger partial charge in [0.25, 0.3) is 0 Å². The van der Waals surface area contributed by atoms with E-state index in [1.54, 1.807) is 0 Å². The molecule has 0 atom stereocenters. The molecule has 1 heterocycles. The van der Waals surface area contributed by atoms with E-state index in [1.807, 2.05) is 48.0 Å². The molecule has 0 unspecified atom stereocenters. The molecule has 0 fully saturated rings. The van der Waals surface area contributed by atoms with Crippen molar-refractivity contribution in [3.05, 3.63) is 45.9 Å². The molecule has 0 saturated carbocycles. The second kappa shape index (κ2) is 4.54. The van der Waals surface area contributed by atoms with Gasteiger partial charge in [-0.25, -0.2) is 4.98 Å². The van der Waals surface area contributed by atoms with Gasteiger partial charge in [0, 0.05) is 27.8 Å². The summed E-state index contributed by atoms with van der Waals surface area (Å²) in [5.74, 6) is 0.835. The molecule has 3 aromatic rings. The number of benzene rings is 2. The lowest BCUT2D eigenvalue weighted by molar-refractivity contribution is 0.960. The van der Waals surface area contributed by atoms with Crippen LogP contribution in [0.4, 0.5) is 5.69 Å². The van der Waals surface area contributed by atoms with Crippen LogP contribution in [0.25, 0.3) is 22.4 Å². The minimum atomic E-state index is 0.693. The number of nitrogens with two attached hydrogens (primary N) is 1. The summed E-state index contributed by atoms with van der Waals surface area (Å²) in [5, 5.41) is 0.700. The van der Waals surface area contributed by atoms with Gasteiger partial charge in [0.05, 0.1) is 11.0 Å². The second-order valence-electron chi connectivity index (χ2n) is 4.36. The lowest BCUT2D eigenvalue weighted by Crippen LogP contribution is -1.96. The lowest BCUT2D eigenvalue weighted by Gasteiger charge is -2.06. The summed E-state index contributed by atoms with van der Waals surface area (Å²) in [4.78, 5) is 4.62. The summed E-state index contributed by atoms with van der Waals surface area (Å²) in [6.45, 7) is 0. The maximum atomic E-state index is 6.06. The van der Waals surface area contributed by atoms with Crippen molar-refractivity contribution in [1.82, 2.24) is 9.55 Å². The molecule has 0 radical (unpaired) electrons. The highest BCUT2D eigenvalue weighted by atomic mass is 79.9. The van der Waals surface area contributed by atoms with E-state index in [0.29, 0.717) is 10.7 Å². The Kier molecular flexibility index (Phi) is 2.99. The molecule has 0 aliphatic heterocycles. The van der Waals surface area contributed by atoms with Crippen molar-refractivity contribution in [3.63, 3.8) is 0 Å². The molecule has 19 heavy (non-hydrogen) atoms. The Bertz CT molecular complexity index is 780. The van der Waals surface area contributed by atoms with E-state index >= 15 is 0 Å². The molecule has 1 aromatic heterocycles. The number of nitrogen functional groups attached to an aromatic ring is 1. The van der Waals surface area contributed by atoms with Gasteiger partial charge in [0.2, 0.25) is 0 Å². The highest BCUT2D eigenvalue weighted by Crippen LogP contribution is 2.30. The summed E-state index contributed by atoms with van der Waals surface area (Å²) in [6, 6.07) is 11.5. The molecule has 5 heteroatoms. The topological polar surface area (TPSA) is 43.8 Å². The van der Waals surface area contributed by atoms with E-state index in [-0.39, 0.29) is 0 Å². The number of aryl methyl sites for hydroxylation is 1. The SMILES string of the molecule is Cn1c(-c2ccc(Br)cc2N)nc2ccc(Cl)cc21. The van der Waals surface area contributed by atoms with Crippen LogP contribution in [-0.2, 0) is 7.05 Å². The molecule has 0 saturated heterocycles. The molecule has 96 valence electrons. The van der Waals surface area contributed by atoms with Crippen LogP contribution in [0.3, 0.4) is 0 Å². The van der Waals surface area contributed by atoms with Gasteiger partial charge in [-0.2, -0.15) is 0 Å². The smallest absolute Gasteiger partial charge is 0.142 e. The minimum absolute atomic E-state index is 0.693. The van der Waals surface area contributed by atoms with E-state index in [1.165, 1.54) is 0 Å². The Balaban J connectivity index is 2.28. The maximum Gasteiger partial charge on any atom is 0.142 e. The third kappa shape index (κ3) is 2.11. The zero-order valence-corrected chi connectivity index (χ0v) is 12.5. The van der Waals surface area contributed by atoms with Crippen molar-refractivity contribution < 1.29 is 0 Å². The first-order valence-electron chi connectivity index (χ1n) is 5.73. The predicted molar refractivity (Wildman–Crippen MR) is 83.3 cm³/mol. The molecule has 0 aliphatic rings. The highest BCUT2D eigenvalue weighted by Gasteiger charge is 2.12. The Morgan fingerprint density at radius 2 is 2.00 bits per heavy atom. The van der Waals surface area contributed by atoms with Crippen LogP contribution in [0.15, 0.2) is 40.9 Å². The monoisotopic (exact) mass is 335 g/mol. The third-order valence-corrected chi connectivity index (χ3v) is 3.83. The fraction of sp³-hybridized carbons (Fsp3) is 0.0714. The fourth-order valence-corrected chi connectivity index (χ4v) is 2.69. The largest absolute Gasteiger partial charge is 0.398 e. The van der Waals surface area contributed by atoms with Gasteiger partial charge in [0.1, 0.15) is 5.82 Å². The third-order valence-electron chi connectivity index (χ3n) is 3.10. The molecular weight excluding hydrogens is 326 g/mol. The van der Waals surface area contributed by atoms with Gasteiger partial charge in [-0.15, -0.1) is 0 Å². The Hall–Kier alpha value is -1.52. The number of rotatable bonds is 1. The van der Waals surface area contributed by atoms with Gasteiger partial charge in [0.15, 0.2) is 0 Å². The molecule has 0 spiro atoms. The Morgan fingerprint density at radius 3 is 2.74 bits per heavy atom. The van der Waals surface area contributed by atoms with Crippen LogP contribution in [0, 0.1) is 0 Å². The van der Waals surface area contributed by atoms with Gasteiger partial charge in [-0.3, -0.25) is 0 Å². The highest BCUT2D eigenvalue weighted by molar-refractivity contribution is 9.10. The number of halogens is 2. The first kappa shape index (κ1) is 12.5. The maximum absolute atomic E-state index is 6.06. The normalized spacial score (nSPS) is 11.1. The summed E-state index contributed by atoms with van der Waals surface area (Å²) < 4.78 is 2.96. The van der Waals surface area contributed by atoms with Crippen molar-refractivity contribution in [3.8, 4) is 11.4 Å². The Labute approximate surface area is 124 Å². The van der Waals surface area contributed by atoms with Crippen molar-refractivity contribution in [2.24, 2.45) is 7.05 Å². The number of hydrogen-bond donors (Lipinski definition) is 1. The van der Waals surface area contributed by atoms with E-state index in [0.717, 1.165) is 26.9 Å². The number of anilines is 1. The van der Waals surface area contributed by atoms with Crippen LogP contribution >= 0.6 is 27.5 Å². The predicted octanol–water partition coefficient (Wildman–Crippen LogP) is 4.24. The summed E-state index contributed by atoms with van der Waals surface area (Å²) in [7, 11) is 1.96. The summed E-state index contributed by atoms with van der Waals surface area (Å²) in [5.41, 5.74) is 9.57. The molecule has 3 rings (SSSR count). The van der Waals surface area contributed by atoms with E-state index < -0.39 is 0 Å². The van der Waals surface area contributed by atoms with Crippen molar-refractivity contribution in [2.75, 3.05) is 5.73 Å². The number of nitrogens with zero attached hydrogens (tertiary/aromatic N) is 2. The van der Waals surface area contributed by atoms with E-state index in [4.69, 9.17) is 17.3 Å². The average Bonchev–Trinajstić information content (AvgIpc) is 2.67. The van der Waals surface area contributed by atoms with Gasteiger partial charge < -0.3 is 10.3 Å². The second-order valence-corrected chi connectivity index (χ2v) is 5.71. The van der Waals surface area contributed by atoms with Crippen LogP contribution in [0.5, 0.6) is 0 Å². The van der Waals surface area contributed by atoms with Crippen LogP contribution in [0.1, 0.15) is 0 Å². The van der Waals surface area contributed by atoms with Crippen LogP contribution in [0.2, 0.25) is 5.02 Å². The molecule has 0 amide bonds. The van der Waals surface area contributed by atoms with Gasteiger partial charge in [-0.1, -0.05) is 27.5 Å². The number of imidazole rings is 1. The van der Waals surface area contributed by atoms with Crippen LogP contribution < -0.4 is 5.73 Å². The van der Waals surface area contributed by atoms with Gasteiger partial charge >= 0.3 is 0 Å². The van der Waals surface area contributed by atoms with E-state index in [2.05, 4.69) is 20.9 Å². The standard InChI is InChI=1S/C14H11BrClN3/c1-19-13-7-9(16)3-5-12(13)18-14(19)10-4-2-8(15)6-11(10)17/h2-7H,17H2,1H3. The van der Waals surface area contributed by atoms with Crippen LogP contribution in [-0.4, -0.2) is 9.55 Å². The van der Waals surface area contributed by atoms with Crippen molar-refractivity contribution in [2.45, 2.75) is 0 Å². The first-order valence-corrected chi connectivity index (χ1v) is 6.91. The average molecular weight is 337 g/mol. The number of aromatic nitrogens is 2. The molecule has 0 bridgehead atoms. The van der Waals surface area contributed by atoms with Crippen molar-refractivity contribution >= 4 is 44.3 Å². The zero-order chi connectivity index (χ0) is 13.6. The molecule has 2 aromatic carbocycles. The number of hydrogen-bond acceptors (Lipinski definition) is 2. The molecule has 3 nitrogen and oxygen atoms in total. The molecule has 2 N–H and O–H groups in total. The Morgan fingerprint density at radius 1 is 1.21 bits per heavy atom. The zero-order valence-electron chi connectivity index (χ0n) is 10.2. The minimum Gasteiger partial charge on any atom is -0.398 e. The first-order chi connectivity index (χ1) is 9.06. The van der Waals surface area contributed by atoms with Gasteiger partial charge in [-0.05, 0) is 36.4 Å². The quantitative estimate of drug-likeness (QED) is 0.676. The molecule has 0 aliphatic carbocycles. The fourth-order valence-electron chi connectivity index (χ4n) is 2.14. The summed E-state index contributed by atoms with van der Waals surface area (Å²) in [6.07, 6.45) is 0. The number of fused-ring (bicyclic) bond motifs is 1.